The second-order valence-electron chi connectivity index (χ2n) is 7.81. The number of carbonyl (C=O) groups excluding carboxylic acids is 2. The summed E-state index contributed by atoms with van der Waals surface area (Å²) in [5, 5.41) is 49.1. The third-order valence-electron chi connectivity index (χ3n) is 4.65. The van der Waals surface area contributed by atoms with Crippen LogP contribution in [0.4, 0.5) is 5.69 Å². The van der Waals surface area contributed by atoms with Crippen molar-refractivity contribution in [2.45, 2.75) is 38.5 Å². The first-order chi connectivity index (χ1) is 15.0. The van der Waals surface area contributed by atoms with E-state index in [1.807, 2.05) is 0 Å². The molecule has 1 heterocycles. The number of phenols is 1. The molecule has 3 atom stereocenters. The highest BCUT2D eigenvalue weighted by Gasteiger charge is 2.26. The number of aliphatic carboxylic acids is 1. The number of anilines is 1. The zero-order valence-corrected chi connectivity index (χ0v) is 17.8. The molecule has 0 spiro atoms. The lowest BCUT2D eigenvalue weighted by molar-refractivity contribution is -0.138. The van der Waals surface area contributed by atoms with Crippen molar-refractivity contribution in [3.8, 4) is 5.75 Å². The highest BCUT2D eigenvalue weighted by atomic mass is 16.4. The van der Waals surface area contributed by atoms with Gasteiger partial charge in [-0.3, -0.25) is 19.4 Å². The molecule has 176 valence electrons. The lowest BCUT2D eigenvalue weighted by Gasteiger charge is -2.25. The fourth-order valence-electron chi connectivity index (χ4n) is 3.00. The first-order valence-corrected chi connectivity index (χ1v) is 10.1. The maximum absolute atomic E-state index is 12.4. The fraction of sp³-hybridized carbons (Fsp3) is 0.500. The number of guanidine groups is 1. The minimum atomic E-state index is -1.18. The molecule has 3 unspecified atom stereocenters. The highest BCUT2D eigenvalue weighted by molar-refractivity contribution is 6.00. The number of benzene rings is 1. The Morgan fingerprint density at radius 1 is 1.25 bits per heavy atom. The number of hydrogen-bond acceptors (Lipinski definition) is 9. The summed E-state index contributed by atoms with van der Waals surface area (Å²) in [6.07, 6.45) is -2.12. The topological polar surface area (TPSA) is 193 Å². The summed E-state index contributed by atoms with van der Waals surface area (Å²) in [6.45, 7) is 3.45. The van der Waals surface area contributed by atoms with E-state index < -0.39 is 49.0 Å². The molecule has 0 saturated heterocycles. The van der Waals surface area contributed by atoms with E-state index in [-0.39, 0.29) is 23.8 Å². The molecule has 0 fully saturated rings. The van der Waals surface area contributed by atoms with E-state index in [9.17, 15) is 29.7 Å². The third kappa shape index (κ3) is 7.71. The Morgan fingerprint density at radius 2 is 1.97 bits per heavy atom. The highest BCUT2D eigenvalue weighted by Crippen LogP contribution is 2.20. The monoisotopic (exact) mass is 451 g/mol. The summed E-state index contributed by atoms with van der Waals surface area (Å²) in [4.78, 5) is 39.7. The molecule has 0 aromatic heterocycles. The summed E-state index contributed by atoms with van der Waals surface area (Å²) < 4.78 is 0. The van der Waals surface area contributed by atoms with E-state index >= 15 is 0 Å². The lowest BCUT2D eigenvalue weighted by Crippen LogP contribution is -2.49. The molecule has 1 aliphatic rings. The van der Waals surface area contributed by atoms with Crippen LogP contribution in [-0.2, 0) is 9.59 Å². The van der Waals surface area contributed by atoms with Crippen molar-refractivity contribution in [3.63, 3.8) is 0 Å². The second kappa shape index (κ2) is 11.3. The first-order valence-electron chi connectivity index (χ1n) is 10.1. The van der Waals surface area contributed by atoms with Crippen LogP contribution in [-0.4, -0.2) is 82.1 Å². The zero-order valence-electron chi connectivity index (χ0n) is 17.8. The largest absolute Gasteiger partial charge is 0.508 e. The van der Waals surface area contributed by atoms with Crippen LogP contribution in [0.1, 0.15) is 30.6 Å². The number of carbonyl (C=O) groups is 3. The van der Waals surface area contributed by atoms with E-state index in [2.05, 4.69) is 26.3 Å². The van der Waals surface area contributed by atoms with Gasteiger partial charge in [0, 0.05) is 23.9 Å². The van der Waals surface area contributed by atoms with Gasteiger partial charge in [0.05, 0.1) is 37.8 Å². The number of nitrogens with one attached hydrogen (secondary N) is 4. The average molecular weight is 451 g/mol. The standard InChI is InChI=1S/C20H29N5O7/c1-10(2)18(31)15(6-17(29)30)25-16(28)9-21-19(32)11-3-12(5-13(26)4-11)24-20-22-7-14(27)8-23-20/h3-5,10,14-15,18,26-27,31H,6-9H2,1-2H3,(H,21,32)(H,25,28)(H,29,30)(H2,22,23,24). The van der Waals surface area contributed by atoms with Crippen LogP contribution in [0, 0.1) is 5.92 Å². The van der Waals surface area contributed by atoms with Crippen LogP contribution in [0.5, 0.6) is 5.75 Å². The van der Waals surface area contributed by atoms with E-state index in [1.54, 1.807) is 13.8 Å². The number of hydrogen-bond donors (Lipinski definition) is 8. The van der Waals surface area contributed by atoms with E-state index in [1.165, 1.54) is 18.2 Å². The Labute approximate surface area is 184 Å². The number of amides is 2. The molecule has 2 amide bonds. The van der Waals surface area contributed by atoms with E-state index in [4.69, 9.17) is 5.11 Å². The molecule has 1 aromatic carbocycles. The summed E-state index contributed by atoms with van der Waals surface area (Å²) >= 11 is 0. The zero-order chi connectivity index (χ0) is 23.8. The number of aliphatic hydroxyl groups is 2. The lowest BCUT2D eigenvalue weighted by atomic mass is 9.97. The molecule has 1 aromatic rings. The van der Waals surface area contributed by atoms with Crippen molar-refractivity contribution in [3.05, 3.63) is 23.8 Å². The molecule has 0 aliphatic carbocycles. The van der Waals surface area contributed by atoms with Gasteiger partial charge in [0.25, 0.3) is 5.91 Å². The van der Waals surface area contributed by atoms with Crippen LogP contribution in [0.25, 0.3) is 0 Å². The summed E-state index contributed by atoms with van der Waals surface area (Å²) in [5.41, 5.74) is 0.435. The van der Waals surface area contributed by atoms with Crippen molar-refractivity contribution >= 4 is 29.4 Å². The van der Waals surface area contributed by atoms with Gasteiger partial charge in [-0.1, -0.05) is 13.8 Å². The van der Waals surface area contributed by atoms with Gasteiger partial charge in [-0.05, 0) is 18.1 Å². The van der Waals surface area contributed by atoms with Gasteiger partial charge < -0.3 is 41.7 Å². The van der Waals surface area contributed by atoms with E-state index in [0.717, 1.165) is 0 Å². The number of carboxylic acids is 1. The van der Waals surface area contributed by atoms with E-state index in [0.29, 0.717) is 18.2 Å². The molecule has 8 N–H and O–H groups in total. The van der Waals surface area contributed by atoms with Crippen molar-refractivity contribution in [1.82, 2.24) is 16.0 Å². The van der Waals surface area contributed by atoms with Gasteiger partial charge in [-0.2, -0.15) is 0 Å². The average Bonchev–Trinajstić information content (AvgIpc) is 2.71. The molecule has 12 nitrogen and oxygen atoms in total. The summed E-state index contributed by atoms with van der Waals surface area (Å²) in [6, 6.07) is 3.03. The molecule has 32 heavy (non-hydrogen) atoms. The maximum Gasteiger partial charge on any atom is 0.305 e. The molecular weight excluding hydrogens is 422 g/mol. The smallest absolute Gasteiger partial charge is 0.305 e. The van der Waals surface area contributed by atoms with Crippen LogP contribution in [0.3, 0.4) is 0 Å². The Bertz CT molecular complexity index is 874. The Kier molecular flexibility index (Phi) is 8.79. The third-order valence-corrected chi connectivity index (χ3v) is 4.65. The number of carboxylic acid groups (broad SMARTS) is 1. The normalized spacial score (nSPS) is 17.5. The van der Waals surface area contributed by atoms with Gasteiger partial charge in [-0.15, -0.1) is 0 Å². The molecule has 2 rings (SSSR count). The number of phenolic OH excluding ortho intramolecular Hbond substituents is 1. The summed E-state index contributed by atoms with van der Waals surface area (Å²) in [7, 11) is 0. The van der Waals surface area contributed by atoms with Gasteiger partial charge in [-0.25, -0.2) is 0 Å². The van der Waals surface area contributed by atoms with Gasteiger partial charge >= 0.3 is 5.97 Å². The first kappa shape index (κ1) is 24.9. The number of aliphatic imine (C=N–C) groups is 1. The predicted molar refractivity (Wildman–Crippen MR) is 115 cm³/mol. The summed E-state index contributed by atoms with van der Waals surface area (Å²) in [5.74, 6) is -2.58. The molecule has 0 saturated carbocycles. The molecule has 0 bridgehead atoms. The van der Waals surface area contributed by atoms with Gasteiger partial charge in [0.15, 0.2) is 5.96 Å². The number of rotatable bonds is 9. The number of β-amino-alcohol motifs (C(OH)–C–C–N with tert-alkyl or cyclic N) is 1. The van der Waals surface area contributed by atoms with Crippen LogP contribution in [0.2, 0.25) is 0 Å². The Balaban J connectivity index is 1.97. The second-order valence-corrected chi connectivity index (χ2v) is 7.81. The quantitative estimate of drug-likeness (QED) is 0.228. The van der Waals surface area contributed by atoms with Gasteiger partial charge in [0.2, 0.25) is 5.91 Å². The number of aromatic hydroxyl groups is 1. The van der Waals surface area contributed by atoms with Crippen molar-refractivity contribution in [2.75, 3.05) is 25.0 Å². The van der Waals surface area contributed by atoms with Crippen LogP contribution < -0.4 is 21.3 Å². The Morgan fingerprint density at radius 3 is 2.56 bits per heavy atom. The number of nitrogens with zero attached hydrogens (tertiary/aromatic N) is 1. The maximum atomic E-state index is 12.4. The molecule has 12 heteroatoms. The fourth-order valence-corrected chi connectivity index (χ4v) is 3.00. The van der Waals surface area contributed by atoms with Crippen molar-refractivity contribution in [2.24, 2.45) is 10.9 Å². The van der Waals surface area contributed by atoms with Crippen molar-refractivity contribution in [1.29, 1.82) is 0 Å². The Hall–Kier alpha value is -3.38. The van der Waals surface area contributed by atoms with Crippen LogP contribution in [0.15, 0.2) is 23.2 Å². The molecular formula is C20H29N5O7. The number of aliphatic hydroxyl groups excluding tert-OH is 2. The SMILES string of the molecule is CC(C)C(O)C(CC(=O)O)NC(=O)CNC(=O)c1cc(O)cc(NC2=NCC(O)CN2)c1. The predicted octanol–water partition coefficient (Wildman–Crippen LogP) is -1.17. The van der Waals surface area contributed by atoms with Gasteiger partial charge in [0.1, 0.15) is 5.75 Å². The minimum absolute atomic E-state index is 0.0704. The molecule has 1 aliphatic heterocycles. The van der Waals surface area contributed by atoms with Crippen molar-refractivity contribution < 1.29 is 34.8 Å². The molecule has 0 radical (unpaired) electrons. The minimum Gasteiger partial charge on any atom is -0.508 e. The van der Waals surface area contributed by atoms with Crippen LogP contribution >= 0.6 is 0 Å².